The minimum absolute atomic E-state index is 0.406. The van der Waals surface area contributed by atoms with Crippen molar-refractivity contribution in [3.05, 3.63) is 18.1 Å². The molecule has 0 spiro atoms. The third-order valence-electron chi connectivity index (χ3n) is 4.25. The number of hydrogen-bond donors (Lipinski definition) is 0. The first-order valence-corrected chi connectivity index (χ1v) is 6.71. The number of aromatic nitrogens is 2. The topological polar surface area (TPSA) is 35.0 Å². The van der Waals surface area contributed by atoms with Gasteiger partial charge in [-0.1, -0.05) is 12.3 Å². The van der Waals surface area contributed by atoms with Crippen LogP contribution in [-0.4, -0.2) is 16.6 Å². The standard InChI is InChI=1S/C15H18N2O/c1-2-3-6-18-15-9-14(16-10-17-15)13-8-11-4-5-12(13)7-11/h9-13H,4-8H2,1H3. The average molecular weight is 242 g/mol. The van der Waals surface area contributed by atoms with Gasteiger partial charge in [-0.2, -0.15) is 0 Å². The first-order valence-electron chi connectivity index (χ1n) is 6.71. The molecule has 0 amide bonds. The van der Waals surface area contributed by atoms with E-state index in [1.165, 1.54) is 25.7 Å². The number of nitrogens with zero attached hydrogens (tertiary/aromatic N) is 2. The Morgan fingerprint density at radius 1 is 1.33 bits per heavy atom. The summed E-state index contributed by atoms with van der Waals surface area (Å²) in [4.78, 5) is 8.58. The molecule has 2 aliphatic carbocycles. The van der Waals surface area contributed by atoms with Crippen molar-refractivity contribution in [3.8, 4) is 17.7 Å². The zero-order chi connectivity index (χ0) is 12.4. The van der Waals surface area contributed by atoms with Crippen LogP contribution in [-0.2, 0) is 0 Å². The second-order valence-electron chi connectivity index (χ2n) is 5.28. The monoisotopic (exact) mass is 242 g/mol. The van der Waals surface area contributed by atoms with Crippen molar-refractivity contribution in [1.82, 2.24) is 9.97 Å². The van der Waals surface area contributed by atoms with Gasteiger partial charge in [0.05, 0.1) is 5.69 Å². The lowest BCUT2D eigenvalue weighted by Gasteiger charge is -2.20. The molecular weight excluding hydrogens is 224 g/mol. The van der Waals surface area contributed by atoms with E-state index in [9.17, 15) is 0 Å². The van der Waals surface area contributed by atoms with Crippen LogP contribution in [0.2, 0.25) is 0 Å². The van der Waals surface area contributed by atoms with Gasteiger partial charge in [-0.15, -0.1) is 5.92 Å². The maximum atomic E-state index is 5.50. The summed E-state index contributed by atoms with van der Waals surface area (Å²) in [5.41, 5.74) is 1.16. The summed E-state index contributed by atoms with van der Waals surface area (Å²) < 4.78 is 5.50. The third-order valence-corrected chi connectivity index (χ3v) is 4.25. The maximum absolute atomic E-state index is 5.50. The molecular formula is C15H18N2O. The molecule has 1 heterocycles. The Morgan fingerprint density at radius 2 is 2.28 bits per heavy atom. The van der Waals surface area contributed by atoms with E-state index in [1.807, 2.05) is 13.0 Å². The highest BCUT2D eigenvalue weighted by Crippen LogP contribution is 2.52. The zero-order valence-electron chi connectivity index (χ0n) is 10.7. The SMILES string of the molecule is CC#CCOc1cc(C2CC3CCC2C3)ncn1. The van der Waals surface area contributed by atoms with E-state index in [1.54, 1.807) is 6.33 Å². The normalized spacial score (nSPS) is 28.8. The molecule has 0 radical (unpaired) electrons. The molecule has 1 aromatic rings. The van der Waals surface area contributed by atoms with Crippen LogP contribution in [0.25, 0.3) is 0 Å². The Morgan fingerprint density at radius 3 is 3.00 bits per heavy atom. The van der Waals surface area contributed by atoms with Gasteiger partial charge in [0, 0.05) is 12.0 Å². The van der Waals surface area contributed by atoms with Gasteiger partial charge in [-0.3, -0.25) is 0 Å². The predicted octanol–water partition coefficient (Wildman–Crippen LogP) is 2.78. The van der Waals surface area contributed by atoms with Gasteiger partial charge in [0.2, 0.25) is 5.88 Å². The van der Waals surface area contributed by atoms with Crippen molar-refractivity contribution in [3.63, 3.8) is 0 Å². The first kappa shape index (κ1) is 11.5. The summed E-state index contributed by atoms with van der Waals surface area (Å²) in [6.07, 6.45) is 7.11. The minimum atomic E-state index is 0.406. The van der Waals surface area contributed by atoms with Gasteiger partial charge in [-0.05, 0) is 38.0 Å². The zero-order valence-corrected chi connectivity index (χ0v) is 10.7. The molecule has 0 aromatic carbocycles. The largest absolute Gasteiger partial charge is 0.464 e. The van der Waals surface area contributed by atoms with Gasteiger partial charge in [0.1, 0.15) is 6.33 Å². The van der Waals surface area contributed by atoms with Crippen LogP contribution in [0, 0.1) is 23.7 Å². The van der Waals surface area contributed by atoms with Gasteiger partial charge in [-0.25, -0.2) is 9.97 Å². The van der Waals surface area contributed by atoms with E-state index in [-0.39, 0.29) is 0 Å². The first-order chi connectivity index (χ1) is 8.86. The second-order valence-corrected chi connectivity index (χ2v) is 5.28. The molecule has 2 saturated carbocycles. The lowest BCUT2D eigenvalue weighted by molar-refractivity contribution is 0.350. The van der Waals surface area contributed by atoms with Crippen molar-refractivity contribution >= 4 is 0 Å². The molecule has 0 N–H and O–H groups in total. The lowest BCUT2D eigenvalue weighted by atomic mass is 9.86. The number of fused-ring (bicyclic) bond motifs is 2. The van der Waals surface area contributed by atoms with E-state index < -0.39 is 0 Å². The molecule has 3 unspecified atom stereocenters. The summed E-state index contributed by atoms with van der Waals surface area (Å²) in [6, 6.07) is 2.00. The molecule has 2 fully saturated rings. The average Bonchev–Trinajstić information content (AvgIpc) is 3.02. The van der Waals surface area contributed by atoms with E-state index in [2.05, 4.69) is 21.8 Å². The molecule has 2 aliphatic rings. The van der Waals surface area contributed by atoms with Crippen molar-refractivity contribution in [2.75, 3.05) is 6.61 Å². The van der Waals surface area contributed by atoms with Crippen LogP contribution >= 0.6 is 0 Å². The molecule has 3 atom stereocenters. The summed E-state index contributed by atoms with van der Waals surface area (Å²) in [5, 5.41) is 0. The summed E-state index contributed by atoms with van der Waals surface area (Å²) in [7, 11) is 0. The molecule has 3 heteroatoms. The number of ether oxygens (including phenoxy) is 1. The Labute approximate surface area is 108 Å². The number of rotatable bonds is 3. The molecule has 18 heavy (non-hydrogen) atoms. The minimum Gasteiger partial charge on any atom is -0.464 e. The Hall–Kier alpha value is -1.56. The maximum Gasteiger partial charge on any atom is 0.217 e. The number of hydrogen-bond acceptors (Lipinski definition) is 3. The van der Waals surface area contributed by atoms with Crippen molar-refractivity contribution in [2.24, 2.45) is 11.8 Å². The van der Waals surface area contributed by atoms with Crippen LogP contribution in [0.3, 0.4) is 0 Å². The highest BCUT2D eigenvalue weighted by atomic mass is 16.5. The smallest absolute Gasteiger partial charge is 0.217 e. The molecule has 3 rings (SSSR count). The summed E-state index contributed by atoms with van der Waals surface area (Å²) >= 11 is 0. The molecule has 2 bridgehead atoms. The Balaban J connectivity index is 1.72. The van der Waals surface area contributed by atoms with Crippen LogP contribution in [0.5, 0.6) is 5.88 Å². The highest BCUT2D eigenvalue weighted by Gasteiger charge is 2.40. The van der Waals surface area contributed by atoms with E-state index in [0.717, 1.165) is 17.5 Å². The van der Waals surface area contributed by atoms with Crippen molar-refractivity contribution < 1.29 is 4.74 Å². The quantitative estimate of drug-likeness (QED) is 0.764. The fraction of sp³-hybridized carbons (Fsp3) is 0.600. The van der Waals surface area contributed by atoms with Gasteiger partial charge in [0.15, 0.2) is 6.61 Å². The van der Waals surface area contributed by atoms with Gasteiger partial charge < -0.3 is 4.74 Å². The molecule has 0 saturated heterocycles. The van der Waals surface area contributed by atoms with Crippen LogP contribution in [0.1, 0.15) is 44.2 Å². The van der Waals surface area contributed by atoms with E-state index in [0.29, 0.717) is 18.4 Å². The lowest BCUT2D eigenvalue weighted by Crippen LogP contribution is -2.10. The third kappa shape index (κ3) is 2.20. The summed E-state index contributed by atoms with van der Waals surface area (Å²) in [5.74, 6) is 8.76. The van der Waals surface area contributed by atoms with Gasteiger partial charge >= 0.3 is 0 Å². The highest BCUT2D eigenvalue weighted by molar-refractivity contribution is 5.20. The van der Waals surface area contributed by atoms with Crippen LogP contribution in [0.15, 0.2) is 12.4 Å². The van der Waals surface area contributed by atoms with Crippen molar-refractivity contribution in [1.29, 1.82) is 0 Å². The van der Waals surface area contributed by atoms with Gasteiger partial charge in [0.25, 0.3) is 0 Å². The fourth-order valence-electron chi connectivity index (χ4n) is 3.42. The summed E-state index contributed by atoms with van der Waals surface area (Å²) in [6.45, 7) is 2.22. The molecule has 94 valence electrons. The molecule has 0 aliphatic heterocycles. The predicted molar refractivity (Wildman–Crippen MR) is 69.2 cm³/mol. The second kappa shape index (κ2) is 4.97. The van der Waals surface area contributed by atoms with Crippen LogP contribution in [0.4, 0.5) is 0 Å². The van der Waals surface area contributed by atoms with Crippen LogP contribution < -0.4 is 4.74 Å². The Bertz CT molecular complexity index is 489. The van der Waals surface area contributed by atoms with Crippen molar-refractivity contribution in [2.45, 2.75) is 38.5 Å². The molecule has 1 aromatic heterocycles. The van der Waals surface area contributed by atoms with E-state index in [4.69, 9.17) is 4.74 Å². The molecule has 3 nitrogen and oxygen atoms in total. The fourth-order valence-corrected chi connectivity index (χ4v) is 3.42. The Kier molecular flexibility index (Phi) is 3.19. The van der Waals surface area contributed by atoms with E-state index >= 15 is 0 Å².